The van der Waals surface area contributed by atoms with Crippen molar-refractivity contribution in [3.8, 4) is 22.8 Å². The van der Waals surface area contributed by atoms with Gasteiger partial charge in [0.2, 0.25) is 0 Å². The number of hydrogen-bond donors (Lipinski definition) is 0. The van der Waals surface area contributed by atoms with Gasteiger partial charge in [0.05, 0.1) is 6.61 Å². The summed E-state index contributed by atoms with van der Waals surface area (Å²) in [6.45, 7) is 7.38. The molecule has 0 aliphatic rings. The molecule has 0 radical (unpaired) electrons. The summed E-state index contributed by atoms with van der Waals surface area (Å²) in [6, 6.07) is 16.6. The van der Waals surface area contributed by atoms with Crippen LogP contribution in [0.1, 0.15) is 38.7 Å². The summed E-state index contributed by atoms with van der Waals surface area (Å²) in [5.74, 6) is 2.56. The van der Waals surface area contributed by atoms with E-state index >= 15 is 0 Å². The molecule has 0 spiro atoms. The first-order valence-electron chi connectivity index (χ1n) is 9.55. The lowest BCUT2D eigenvalue weighted by Gasteiger charge is -2.17. The van der Waals surface area contributed by atoms with Crippen LogP contribution in [-0.4, -0.2) is 16.2 Å². The molecule has 1 heterocycles. The molecule has 0 aliphatic heterocycles. The van der Waals surface area contributed by atoms with Crippen LogP contribution in [0, 0.1) is 12.8 Å². The first-order valence-corrected chi connectivity index (χ1v) is 9.55. The van der Waals surface area contributed by atoms with Crippen molar-refractivity contribution in [1.29, 1.82) is 0 Å². The van der Waals surface area contributed by atoms with E-state index in [0.29, 0.717) is 5.92 Å². The van der Waals surface area contributed by atoms with Crippen LogP contribution in [0.2, 0.25) is 0 Å². The number of benzene rings is 2. The van der Waals surface area contributed by atoms with Gasteiger partial charge in [-0.15, -0.1) is 0 Å². The Labute approximate surface area is 156 Å². The molecule has 0 amide bonds. The summed E-state index contributed by atoms with van der Waals surface area (Å²) >= 11 is 0. The van der Waals surface area contributed by atoms with Crippen LogP contribution in [0.3, 0.4) is 0 Å². The van der Waals surface area contributed by atoms with Crippen LogP contribution in [0.4, 0.5) is 0 Å². The maximum Gasteiger partial charge on any atom is 0.144 e. The first-order chi connectivity index (χ1) is 12.7. The molecule has 3 aromatic rings. The molecule has 0 fully saturated rings. The highest BCUT2D eigenvalue weighted by atomic mass is 16.5. The number of nitrogens with zero attached hydrogens (tertiary/aromatic N) is 2. The quantitative estimate of drug-likeness (QED) is 0.495. The van der Waals surface area contributed by atoms with E-state index < -0.39 is 0 Å². The Balaban J connectivity index is 1.80. The van der Waals surface area contributed by atoms with Crippen LogP contribution in [0.15, 0.2) is 60.9 Å². The smallest absolute Gasteiger partial charge is 0.144 e. The lowest BCUT2D eigenvalue weighted by Crippen LogP contribution is -2.11. The van der Waals surface area contributed by atoms with Crippen LogP contribution in [0.25, 0.3) is 17.1 Å². The molecular formula is C23H28N2O. The average molecular weight is 348 g/mol. The van der Waals surface area contributed by atoms with Crippen molar-refractivity contribution in [1.82, 2.24) is 9.55 Å². The molecule has 0 N–H and O–H groups in total. The summed E-state index contributed by atoms with van der Waals surface area (Å²) in [5, 5.41) is 0. The van der Waals surface area contributed by atoms with E-state index in [0.717, 1.165) is 35.0 Å². The van der Waals surface area contributed by atoms with Gasteiger partial charge in [-0.05, 0) is 43.0 Å². The second-order valence-electron chi connectivity index (χ2n) is 6.81. The van der Waals surface area contributed by atoms with Gasteiger partial charge in [0, 0.05) is 23.6 Å². The fourth-order valence-electron chi connectivity index (χ4n) is 3.28. The number of hydrogen-bond acceptors (Lipinski definition) is 2. The van der Waals surface area contributed by atoms with E-state index in [1.54, 1.807) is 0 Å². The normalized spacial score (nSPS) is 12.1. The second-order valence-corrected chi connectivity index (χ2v) is 6.81. The van der Waals surface area contributed by atoms with Crippen molar-refractivity contribution in [2.24, 2.45) is 5.92 Å². The predicted octanol–water partition coefficient (Wildman–Crippen LogP) is 6.05. The Hall–Kier alpha value is -2.55. The Kier molecular flexibility index (Phi) is 6.11. The molecule has 26 heavy (non-hydrogen) atoms. The molecule has 1 unspecified atom stereocenters. The van der Waals surface area contributed by atoms with Gasteiger partial charge in [-0.2, -0.15) is 0 Å². The molecule has 0 saturated heterocycles. The number of aromatic nitrogens is 2. The second kappa shape index (κ2) is 8.70. The van der Waals surface area contributed by atoms with E-state index in [1.807, 2.05) is 30.6 Å². The van der Waals surface area contributed by atoms with Crippen molar-refractivity contribution < 1.29 is 4.74 Å². The third-order valence-electron chi connectivity index (χ3n) is 4.86. The molecule has 3 rings (SSSR count). The number of aryl methyl sites for hydroxylation is 1. The van der Waals surface area contributed by atoms with Crippen molar-refractivity contribution in [3.05, 3.63) is 66.5 Å². The SMILES string of the molecule is CCCC(CC)COc1ccc(-n2ccnc2-c2ccccc2)cc1C. The average Bonchev–Trinajstić information content (AvgIpc) is 3.16. The molecule has 2 aromatic carbocycles. The zero-order valence-electron chi connectivity index (χ0n) is 16.0. The van der Waals surface area contributed by atoms with Gasteiger partial charge in [0.15, 0.2) is 0 Å². The summed E-state index contributed by atoms with van der Waals surface area (Å²) in [4.78, 5) is 4.54. The van der Waals surface area contributed by atoms with Crippen molar-refractivity contribution >= 4 is 0 Å². The Morgan fingerprint density at radius 1 is 1.08 bits per heavy atom. The summed E-state index contributed by atoms with van der Waals surface area (Å²) in [6.07, 6.45) is 7.46. The third-order valence-corrected chi connectivity index (χ3v) is 4.86. The molecule has 136 valence electrons. The predicted molar refractivity (Wildman–Crippen MR) is 108 cm³/mol. The standard InChI is InChI=1S/C23H28N2O/c1-4-9-19(5-2)17-26-22-13-12-21(16-18(22)3)25-15-14-24-23(25)20-10-7-6-8-11-20/h6-8,10-16,19H,4-5,9,17H2,1-3H3. The Morgan fingerprint density at radius 2 is 1.88 bits per heavy atom. The number of rotatable bonds is 8. The Morgan fingerprint density at radius 3 is 2.58 bits per heavy atom. The molecule has 1 atom stereocenters. The van der Waals surface area contributed by atoms with Crippen LogP contribution >= 0.6 is 0 Å². The molecule has 0 saturated carbocycles. The third kappa shape index (κ3) is 4.16. The van der Waals surface area contributed by atoms with Crippen molar-refractivity contribution in [2.75, 3.05) is 6.61 Å². The van der Waals surface area contributed by atoms with Gasteiger partial charge < -0.3 is 4.74 Å². The van der Waals surface area contributed by atoms with Crippen LogP contribution in [0.5, 0.6) is 5.75 Å². The Bertz CT molecular complexity index is 823. The van der Waals surface area contributed by atoms with Gasteiger partial charge in [0.1, 0.15) is 11.6 Å². The van der Waals surface area contributed by atoms with E-state index in [4.69, 9.17) is 4.74 Å². The highest BCUT2D eigenvalue weighted by Gasteiger charge is 2.11. The zero-order valence-corrected chi connectivity index (χ0v) is 16.0. The first kappa shape index (κ1) is 18.2. The molecule has 0 bridgehead atoms. The maximum absolute atomic E-state index is 6.10. The number of imidazole rings is 1. The van der Waals surface area contributed by atoms with E-state index in [9.17, 15) is 0 Å². The van der Waals surface area contributed by atoms with Gasteiger partial charge in [-0.1, -0.05) is 57.0 Å². The minimum absolute atomic E-state index is 0.636. The fourth-order valence-corrected chi connectivity index (χ4v) is 3.28. The van der Waals surface area contributed by atoms with E-state index in [2.05, 4.69) is 60.7 Å². The fraction of sp³-hybridized carbons (Fsp3) is 0.348. The van der Waals surface area contributed by atoms with E-state index in [1.165, 1.54) is 19.3 Å². The van der Waals surface area contributed by atoms with Crippen LogP contribution in [-0.2, 0) is 0 Å². The van der Waals surface area contributed by atoms with Crippen molar-refractivity contribution in [3.63, 3.8) is 0 Å². The summed E-state index contributed by atoms with van der Waals surface area (Å²) < 4.78 is 8.23. The highest BCUT2D eigenvalue weighted by Crippen LogP contribution is 2.26. The minimum Gasteiger partial charge on any atom is -0.493 e. The summed E-state index contributed by atoms with van der Waals surface area (Å²) in [7, 11) is 0. The lowest BCUT2D eigenvalue weighted by molar-refractivity contribution is 0.234. The van der Waals surface area contributed by atoms with Gasteiger partial charge >= 0.3 is 0 Å². The summed E-state index contributed by atoms with van der Waals surface area (Å²) in [5.41, 5.74) is 3.37. The molecule has 0 aliphatic carbocycles. The largest absolute Gasteiger partial charge is 0.493 e. The molecular weight excluding hydrogens is 320 g/mol. The van der Waals surface area contributed by atoms with Crippen molar-refractivity contribution in [2.45, 2.75) is 40.0 Å². The molecule has 3 nitrogen and oxygen atoms in total. The highest BCUT2D eigenvalue weighted by molar-refractivity contribution is 5.59. The lowest BCUT2D eigenvalue weighted by atomic mass is 10.0. The number of ether oxygens (including phenoxy) is 1. The molecule has 3 heteroatoms. The van der Waals surface area contributed by atoms with Gasteiger partial charge in [0.25, 0.3) is 0 Å². The van der Waals surface area contributed by atoms with E-state index in [-0.39, 0.29) is 0 Å². The van der Waals surface area contributed by atoms with Gasteiger partial charge in [-0.3, -0.25) is 4.57 Å². The van der Waals surface area contributed by atoms with Gasteiger partial charge in [-0.25, -0.2) is 4.98 Å². The monoisotopic (exact) mass is 348 g/mol. The topological polar surface area (TPSA) is 27.1 Å². The minimum atomic E-state index is 0.636. The zero-order chi connectivity index (χ0) is 18.4. The maximum atomic E-state index is 6.10. The molecule has 1 aromatic heterocycles. The van der Waals surface area contributed by atoms with Crippen LogP contribution < -0.4 is 4.74 Å².